The van der Waals surface area contributed by atoms with Gasteiger partial charge in [-0.1, -0.05) is 12.1 Å². The zero-order valence-corrected chi connectivity index (χ0v) is 10.3. The molecule has 0 unspecified atom stereocenters. The molecule has 1 heterocycles. The van der Waals surface area contributed by atoms with E-state index in [1.807, 2.05) is 0 Å². The van der Waals surface area contributed by atoms with Gasteiger partial charge in [0.05, 0.1) is 7.11 Å². The monoisotopic (exact) mass is 261 g/mol. The first-order chi connectivity index (χ1) is 9.19. The van der Waals surface area contributed by atoms with Crippen molar-refractivity contribution >= 4 is 11.9 Å². The van der Waals surface area contributed by atoms with Crippen molar-refractivity contribution in [3.63, 3.8) is 0 Å². The minimum absolute atomic E-state index is 0.00634. The van der Waals surface area contributed by atoms with E-state index in [0.717, 1.165) is 11.1 Å². The summed E-state index contributed by atoms with van der Waals surface area (Å²) in [5.74, 6) is -0.358. The van der Waals surface area contributed by atoms with Crippen LogP contribution in [0.4, 0.5) is 10.3 Å². The molecule has 98 valence electrons. The molecular formula is C13H12FN3O2. The molecule has 19 heavy (non-hydrogen) atoms. The summed E-state index contributed by atoms with van der Waals surface area (Å²) in [6, 6.07) is 6.04. The minimum atomic E-state index is -0.397. The molecule has 0 atom stereocenters. The number of hydrogen-bond donors (Lipinski definition) is 1. The van der Waals surface area contributed by atoms with E-state index in [4.69, 9.17) is 0 Å². The van der Waals surface area contributed by atoms with Crippen LogP contribution in [0.3, 0.4) is 0 Å². The molecule has 6 heteroatoms. The number of esters is 1. The summed E-state index contributed by atoms with van der Waals surface area (Å²) in [5.41, 5.74) is 1.59. The van der Waals surface area contributed by atoms with Crippen molar-refractivity contribution in [2.24, 2.45) is 0 Å². The Kier molecular flexibility index (Phi) is 4.02. The number of hydrogen-bond acceptors (Lipinski definition) is 5. The molecule has 1 N–H and O–H groups in total. The highest BCUT2D eigenvalue weighted by Crippen LogP contribution is 2.18. The van der Waals surface area contributed by atoms with Gasteiger partial charge < -0.3 is 10.1 Å². The second-order valence-corrected chi connectivity index (χ2v) is 3.73. The van der Waals surface area contributed by atoms with Gasteiger partial charge in [0.25, 0.3) is 0 Å². The lowest BCUT2D eigenvalue weighted by Crippen LogP contribution is -2.16. The van der Waals surface area contributed by atoms with Gasteiger partial charge in [0, 0.05) is 18.0 Å². The van der Waals surface area contributed by atoms with Crippen molar-refractivity contribution in [2.45, 2.75) is 0 Å². The summed E-state index contributed by atoms with van der Waals surface area (Å²) < 4.78 is 17.3. The highest BCUT2D eigenvalue weighted by molar-refractivity contribution is 5.74. The molecule has 0 radical (unpaired) electrons. The number of anilines is 1. The summed E-state index contributed by atoms with van der Waals surface area (Å²) in [4.78, 5) is 19.0. The average Bonchev–Trinajstić information content (AvgIpc) is 2.46. The number of rotatable bonds is 4. The van der Waals surface area contributed by atoms with E-state index >= 15 is 0 Å². The van der Waals surface area contributed by atoms with Crippen LogP contribution in [0.15, 0.2) is 36.7 Å². The lowest BCUT2D eigenvalue weighted by Gasteiger charge is -2.04. The van der Waals surface area contributed by atoms with Gasteiger partial charge in [0.1, 0.15) is 12.4 Å². The van der Waals surface area contributed by atoms with Crippen LogP contribution in [0.5, 0.6) is 0 Å². The maximum Gasteiger partial charge on any atom is 0.325 e. The molecule has 0 fully saturated rings. The molecule has 2 rings (SSSR count). The first-order valence-electron chi connectivity index (χ1n) is 5.57. The largest absolute Gasteiger partial charge is 0.468 e. The summed E-state index contributed by atoms with van der Waals surface area (Å²) >= 11 is 0. The van der Waals surface area contributed by atoms with Crippen LogP contribution in [0, 0.1) is 5.82 Å². The van der Waals surface area contributed by atoms with Gasteiger partial charge in [0.15, 0.2) is 0 Å². The Morgan fingerprint density at radius 1 is 1.21 bits per heavy atom. The third-order valence-electron chi connectivity index (χ3n) is 2.45. The van der Waals surface area contributed by atoms with Gasteiger partial charge in [0.2, 0.25) is 5.95 Å². The first kappa shape index (κ1) is 12.9. The fraction of sp³-hybridized carbons (Fsp3) is 0.154. The van der Waals surface area contributed by atoms with Gasteiger partial charge in [-0.2, -0.15) is 0 Å². The van der Waals surface area contributed by atoms with Crippen LogP contribution in [0.2, 0.25) is 0 Å². The molecule has 0 saturated heterocycles. The van der Waals surface area contributed by atoms with Crippen molar-refractivity contribution in [3.8, 4) is 11.1 Å². The Hall–Kier alpha value is -2.50. The van der Waals surface area contributed by atoms with Crippen molar-refractivity contribution < 1.29 is 13.9 Å². The highest BCUT2D eigenvalue weighted by atomic mass is 19.1. The quantitative estimate of drug-likeness (QED) is 0.851. The number of ether oxygens (including phenoxy) is 1. The van der Waals surface area contributed by atoms with Gasteiger partial charge in [-0.3, -0.25) is 4.79 Å². The van der Waals surface area contributed by atoms with Crippen LogP contribution < -0.4 is 5.32 Å². The number of carbonyl (C=O) groups is 1. The zero-order valence-electron chi connectivity index (χ0n) is 10.3. The molecule has 0 amide bonds. The number of carbonyl (C=O) groups excluding carboxylic acids is 1. The second-order valence-electron chi connectivity index (χ2n) is 3.73. The van der Waals surface area contributed by atoms with Crippen LogP contribution in [-0.2, 0) is 9.53 Å². The van der Waals surface area contributed by atoms with Crippen molar-refractivity contribution in [1.29, 1.82) is 0 Å². The number of aromatic nitrogens is 2. The number of methoxy groups -OCH3 is 1. The Morgan fingerprint density at radius 2 is 1.84 bits per heavy atom. The fourth-order valence-corrected chi connectivity index (χ4v) is 1.43. The molecule has 5 nitrogen and oxygen atoms in total. The smallest absolute Gasteiger partial charge is 0.325 e. The maximum absolute atomic E-state index is 12.8. The lowest BCUT2D eigenvalue weighted by molar-refractivity contribution is -0.138. The topological polar surface area (TPSA) is 64.1 Å². The first-order valence-corrected chi connectivity index (χ1v) is 5.57. The molecule has 0 spiro atoms. The number of halogens is 1. The molecule has 0 aliphatic carbocycles. The molecule has 1 aromatic carbocycles. The van der Waals surface area contributed by atoms with E-state index in [1.54, 1.807) is 24.5 Å². The van der Waals surface area contributed by atoms with Gasteiger partial charge in [-0.05, 0) is 17.7 Å². The maximum atomic E-state index is 12.8. The molecular weight excluding hydrogens is 249 g/mol. The zero-order chi connectivity index (χ0) is 13.7. The normalized spacial score (nSPS) is 10.0. The summed E-state index contributed by atoms with van der Waals surface area (Å²) in [5, 5.41) is 2.73. The second kappa shape index (κ2) is 5.90. The SMILES string of the molecule is COC(=O)CNc1ncc(-c2ccc(F)cc2)cn1. The fourth-order valence-electron chi connectivity index (χ4n) is 1.43. The highest BCUT2D eigenvalue weighted by Gasteiger charge is 2.03. The number of nitrogens with zero attached hydrogens (tertiary/aromatic N) is 2. The molecule has 1 aromatic heterocycles. The van der Waals surface area contributed by atoms with Crippen LogP contribution in [0.25, 0.3) is 11.1 Å². The van der Waals surface area contributed by atoms with E-state index in [2.05, 4.69) is 20.0 Å². The van der Waals surface area contributed by atoms with Crippen LogP contribution in [-0.4, -0.2) is 29.6 Å². The van der Waals surface area contributed by atoms with E-state index < -0.39 is 5.97 Å². The predicted molar refractivity (Wildman–Crippen MR) is 67.9 cm³/mol. The van der Waals surface area contributed by atoms with Gasteiger partial charge in [-0.25, -0.2) is 14.4 Å². The molecule has 2 aromatic rings. The van der Waals surface area contributed by atoms with E-state index in [1.165, 1.54) is 19.2 Å². The minimum Gasteiger partial charge on any atom is -0.468 e. The van der Waals surface area contributed by atoms with Crippen molar-refractivity contribution in [2.75, 3.05) is 19.0 Å². The Balaban J connectivity index is 2.06. The summed E-state index contributed by atoms with van der Waals surface area (Å²) in [7, 11) is 1.31. The Labute approximate surface area is 109 Å². The summed E-state index contributed by atoms with van der Waals surface area (Å²) in [6.07, 6.45) is 3.19. The third kappa shape index (κ3) is 3.48. The van der Waals surface area contributed by atoms with Crippen LogP contribution >= 0.6 is 0 Å². The van der Waals surface area contributed by atoms with Gasteiger partial charge >= 0.3 is 5.97 Å². The summed E-state index contributed by atoms with van der Waals surface area (Å²) in [6.45, 7) is 0.00634. The van der Waals surface area contributed by atoms with Crippen molar-refractivity contribution in [3.05, 3.63) is 42.5 Å². The standard InChI is InChI=1S/C13H12FN3O2/c1-19-12(18)8-17-13-15-6-10(7-16-13)9-2-4-11(14)5-3-9/h2-7H,8H2,1H3,(H,15,16,17). The molecule has 0 saturated carbocycles. The lowest BCUT2D eigenvalue weighted by atomic mass is 10.1. The Bertz CT molecular complexity index is 555. The average molecular weight is 261 g/mol. The van der Waals surface area contributed by atoms with E-state index in [0.29, 0.717) is 5.95 Å². The van der Waals surface area contributed by atoms with Crippen molar-refractivity contribution in [1.82, 2.24) is 9.97 Å². The number of nitrogens with one attached hydrogen (secondary N) is 1. The molecule has 0 bridgehead atoms. The van der Waals surface area contributed by atoms with Crippen LogP contribution in [0.1, 0.15) is 0 Å². The number of benzene rings is 1. The third-order valence-corrected chi connectivity index (χ3v) is 2.45. The predicted octanol–water partition coefficient (Wildman–Crippen LogP) is 1.87. The molecule has 0 aliphatic heterocycles. The molecule has 0 aliphatic rings. The Morgan fingerprint density at radius 3 is 2.42 bits per heavy atom. The van der Waals surface area contributed by atoms with E-state index in [-0.39, 0.29) is 12.4 Å². The van der Waals surface area contributed by atoms with Gasteiger partial charge in [-0.15, -0.1) is 0 Å². The van der Waals surface area contributed by atoms with E-state index in [9.17, 15) is 9.18 Å².